The molecular formula is C68H132O17P2. The minimum atomic E-state index is -4.95. The lowest BCUT2D eigenvalue weighted by atomic mass is 10.00. The number of rotatable bonds is 67. The summed E-state index contributed by atoms with van der Waals surface area (Å²) >= 11 is 0. The number of aliphatic hydroxyl groups is 1. The number of carbonyl (C=O) groups excluding carboxylic acids is 4. The molecule has 87 heavy (non-hydrogen) atoms. The Hall–Kier alpha value is -1.94. The van der Waals surface area contributed by atoms with E-state index in [1.165, 1.54) is 148 Å². The number of carbonyl (C=O) groups is 4. The van der Waals surface area contributed by atoms with Crippen molar-refractivity contribution in [3.8, 4) is 0 Å². The van der Waals surface area contributed by atoms with Crippen molar-refractivity contribution < 1.29 is 80.2 Å². The van der Waals surface area contributed by atoms with Crippen LogP contribution in [-0.4, -0.2) is 96.7 Å². The van der Waals surface area contributed by atoms with Crippen molar-refractivity contribution in [1.82, 2.24) is 0 Å². The second kappa shape index (κ2) is 60.3. The van der Waals surface area contributed by atoms with E-state index in [1.54, 1.807) is 0 Å². The Morgan fingerprint density at radius 3 is 0.874 bits per heavy atom. The highest BCUT2D eigenvalue weighted by molar-refractivity contribution is 7.47. The van der Waals surface area contributed by atoms with E-state index in [4.69, 9.17) is 37.0 Å². The number of ether oxygens (including phenoxy) is 4. The molecule has 0 spiro atoms. The third kappa shape index (κ3) is 61.3. The highest BCUT2D eigenvalue weighted by Crippen LogP contribution is 2.45. The molecule has 0 radical (unpaired) electrons. The van der Waals surface area contributed by atoms with Crippen LogP contribution < -0.4 is 0 Å². The van der Waals surface area contributed by atoms with Gasteiger partial charge in [0, 0.05) is 25.7 Å². The predicted molar refractivity (Wildman–Crippen MR) is 349 cm³/mol. The quantitative estimate of drug-likeness (QED) is 0.0222. The van der Waals surface area contributed by atoms with Crippen molar-refractivity contribution in [3.63, 3.8) is 0 Å². The molecule has 0 aliphatic carbocycles. The maximum absolute atomic E-state index is 13.0. The van der Waals surface area contributed by atoms with E-state index in [2.05, 4.69) is 41.5 Å². The number of esters is 4. The summed E-state index contributed by atoms with van der Waals surface area (Å²) in [5.74, 6) is -0.642. The van der Waals surface area contributed by atoms with Crippen molar-refractivity contribution in [1.29, 1.82) is 0 Å². The fraction of sp³-hybridized carbons (Fsp3) is 0.941. The topological polar surface area (TPSA) is 237 Å². The summed E-state index contributed by atoms with van der Waals surface area (Å²) in [5.41, 5.74) is 0. The van der Waals surface area contributed by atoms with Gasteiger partial charge in [-0.1, -0.05) is 292 Å². The fourth-order valence-electron chi connectivity index (χ4n) is 10.2. The van der Waals surface area contributed by atoms with Gasteiger partial charge in [-0.15, -0.1) is 0 Å². The number of aliphatic hydroxyl groups excluding tert-OH is 1. The Morgan fingerprint density at radius 2 is 0.586 bits per heavy atom. The zero-order valence-corrected chi connectivity index (χ0v) is 58.1. The van der Waals surface area contributed by atoms with E-state index in [0.717, 1.165) is 115 Å². The maximum Gasteiger partial charge on any atom is 0.472 e. The highest BCUT2D eigenvalue weighted by atomic mass is 31.2. The zero-order chi connectivity index (χ0) is 64.3. The SMILES string of the molecule is CCCCCCCCCCCCCCCCCCC(=O)O[C@H](COC(=O)CCCCCCCCCCCCCC(C)C)COP(=O)(O)OC[C@@H](O)COP(=O)(O)OC[C@@H](COC(=O)CCCCCCCCC)OC(=O)CCCCCCCCC(C)CC. The zero-order valence-electron chi connectivity index (χ0n) is 56.3. The van der Waals surface area contributed by atoms with Crippen molar-refractivity contribution in [2.24, 2.45) is 11.8 Å². The van der Waals surface area contributed by atoms with Gasteiger partial charge in [0.1, 0.15) is 19.3 Å². The molecule has 3 N–H and O–H groups in total. The van der Waals surface area contributed by atoms with E-state index in [0.29, 0.717) is 25.7 Å². The van der Waals surface area contributed by atoms with Crippen LogP contribution in [0, 0.1) is 11.8 Å². The summed E-state index contributed by atoms with van der Waals surface area (Å²) in [5, 5.41) is 10.6. The first kappa shape index (κ1) is 85.1. The first-order valence-corrected chi connectivity index (χ1v) is 38.5. The monoisotopic (exact) mass is 1280 g/mol. The molecule has 0 bridgehead atoms. The molecule has 0 heterocycles. The molecular weight excluding hydrogens is 1150 g/mol. The Kier molecular flexibility index (Phi) is 59.0. The van der Waals surface area contributed by atoms with Crippen molar-refractivity contribution in [2.45, 2.75) is 362 Å². The lowest BCUT2D eigenvalue weighted by Crippen LogP contribution is -2.30. The number of hydrogen-bond acceptors (Lipinski definition) is 15. The summed E-state index contributed by atoms with van der Waals surface area (Å²) in [6.07, 6.45) is 44.6. The van der Waals surface area contributed by atoms with Gasteiger partial charge in [-0.3, -0.25) is 37.3 Å². The number of phosphoric acid groups is 2. The van der Waals surface area contributed by atoms with Gasteiger partial charge < -0.3 is 33.8 Å². The molecule has 0 aromatic heterocycles. The van der Waals surface area contributed by atoms with Gasteiger partial charge in [0.05, 0.1) is 26.4 Å². The average molecular weight is 1280 g/mol. The standard InChI is InChI=1S/C68H132O17P2/c1-7-10-12-14-16-17-18-19-20-21-22-25-29-33-40-46-52-67(72)84-63(57-79-66(71)51-45-39-32-28-26-23-24-27-31-36-42-48-60(4)5)58-82-86(74,75)80-54-62(69)55-81-87(76,77)83-59-64(56-78-65(70)50-44-38-30-15-13-11-8-2)85-68(73)53-47-41-35-34-37-43-49-61(6)9-3/h60-64,69H,7-59H2,1-6H3,(H,74,75)(H,76,77)/t61?,62-,63-,64-/m1/s1. The average Bonchev–Trinajstić information content (AvgIpc) is 3.68. The van der Waals surface area contributed by atoms with Crippen molar-refractivity contribution in [2.75, 3.05) is 39.6 Å². The van der Waals surface area contributed by atoms with Crippen LogP contribution in [0.1, 0.15) is 343 Å². The lowest BCUT2D eigenvalue weighted by molar-refractivity contribution is -0.161. The van der Waals surface area contributed by atoms with Gasteiger partial charge in [0.25, 0.3) is 0 Å². The van der Waals surface area contributed by atoms with Crippen LogP contribution in [0.2, 0.25) is 0 Å². The third-order valence-corrected chi connectivity index (χ3v) is 18.0. The van der Waals surface area contributed by atoms with E-state index >= 15 is 0 Å². The van der Waals surface area contributed by atoms with Crippen molar-refractivity contribution >= 4 is 39.5 Å². The molecule has 17 nitrogen and oxygen atoms in total. The molecule has 0 saturated heterocycles. The molecule has 0 rings (SSSR count). The molecule has 19 heteroatoms. The molecule has 516 valence electrons. The summed E-state index contributed by atoms with van der Waals surface area (Å²) < 4.78 is 68.1. The van der Waals surface area contributed by atoms with E-state index in [-0.39, 0.29) is 25.7 Å². The molecule has 0 aliphatic rings. The number of unbranched alkanes of at least 4 members (excludes halogenated alkanes) is 36. The fourth-order valence-corrected chi connectivity index (χ4v) is 11.8. The minimum Gasteiger partial charge on any atom is -0.462 e. The predicted octanol–water partition coefficient (Wildman–Crippen LogP) is 19.2. The van der Waals surface area contributed by atoms with E-state index < -0.39 is 97.5 Å². The van der Waals surface area contributed by atoms with Crippen LogP contribution in [0.4, 0.5) is 0 Å². The smallest absolute Gasteiger partial charge is 0.462 e. The number of hydrogen-bond donors (Lipinski definition) is 3. The van der Waals surface area contributed by atoms with Gasteiger partial charge >= 0.3 is 39.5 Å². The van der Waals surface area contributed by atoms with Crippen LogP contribution in [0.3, 0.4) is 0 Å². The normalized spacial score (nSPS) is 14.5. The summed E-state index contributed by atoms with van der Waals surface area (Å²) in [6.45, 7) is 9.45. The lowest BCUT2D eigenvalue weighted by Gasteiger charge is -2.21. The van der Waals surface area contributed by atoms with Crippen LogP contribution in [0.5, 0.6) is 0 Å². The Labute approximate surface area is 530 Å². The van der Waals surface area contributed by atoms with Crippen LogP contribution >= 0.6 is 15.6 Å². The van der Waals surface area contributed by atoms with Gasteiger partial charge in [-0.05, 0) is 37.5 Å². The Balaban J connectivity index is 5.21. The molecule has 0 aromatic carbocycles. The van der Waals surface area contributed by atoms with Gasteiger partial charge in [0.2, 0.25) is 0 Å². The molecule has 0 fully saturated rings. The molecule has 0 amide bonds. The van der Waals surface area contributed by atoms with Gasteiger partial charge in [-0.25, -0.2) is 9.13 Å². The third-order valence-electron chi connectivity index (χ3n) is 16.1. The van der Waals surface area contributed by atoms with Gasteiger partial charge in [0.15, 0.2) is 12.2 Å². The van der Waals surface area contributed by atoms with Crippen LogP contribution in [-0.2, 0) is 65.4 Å². The molecule has 0 aromatic rings. The van der Waals surface area contributed by atoms with E-state index in [1.807, 2.05) is 0 Å². The Bertz CT molecular complexity index is 1700. The first-order chi connectivity index (χ1) is 41.9. The second-order valence-electron chi connectivity index (χ2n) is 25.3. The Morgan fingerprint density at radius 1 is 0.333 bits per heavy atom. The maximum atomic E-state index is 13.0. The van der Waals surface area contributed by atoms with Crippen molar-refractivity contribution in [3.05, 3.63) is 0 Å². The number of phosphoric ester groups is 2. The van der Waals surface area contributed by atoms with Crippen LogP contribution in [0.25, 0.3) is 0 Å². The van der Waals surface area contributed by atoms with Gasteiger partial charge in [-0.2, -0.15) is 0 Å². The largest absolute Gasteiger partial charge is 0.472 e. The highest BCUT2D eigenvalue weighted by Gasteiger charge is 2.30. The first-order valence-electron chi connectivity index (χ1n) is 35.5. The summed E-state index contributed by atoms with van der Waals surface area (Å²) in [4.78, 5) is 72.3. The summed E-state index contributed by atoms with van der Waals surface area (Å²) in [6, 6.07) is 0. The molecule has 3 unspecified atom stereocenters. The second-order valence-corrected chi connectivity index (χ2v) is 28.2. The summed E-state index contributed by atoms with van der Waals surface area (Å²) in [7, 11) is -9.89. The minimum absolute atomic E-state index is 0.103. The van der Waals surface area contributed by atoms with E-state index in [9.17, 15) is 43.2 Å². The molecule has 0 aliphatic heterocycles. The molecule has 0 saturated carbocycles. The molecule has 6 atom stereocenters. The van der Waals surface area contributed by atoms with Crippen LogP contribution in [0.15, 0.2) is 0 Å².